The van der Waals surface area contributed by atoms with Crippen LogP contribution in [0.25, 0.3) is 5.00 Å². The molecule has 0 spiro atoms. The van der Waals surface area contributed by atoms with E-state index in [4.69, 9.17) is 16.6 Å². The van der Waals surface area contributed by atoms with Crippen LogP contribution in [0.15, 0.2) is 29.3 Å². The molecular weight excluding hydrogens is 490 g/mol. The van der Waals surface area contributed by atoms with E-state index < -0.39 is 6.04 Å². The minimum absolute atomic E-state index is 0.00412. The maximum atomic E-state index is 13.0. The summed E-state index contributed by atoms with van der Waals surface area (Å²) in [5.74, 6) is 1.51. The third-order valence-corrected chi connectivity index (χ3v) is 8.28. The topological polar surface area (TPSA) is 72.2 Å². The minimum Gasteiger partial charge on any atom is -0.356 e. The van der Waals surface area contributed by atoms with E-state index in [1.54, 1.807) is 11.3 Å². The van der Waals surface area contributed by atoms with Gasteiger partial charge in [0.15, 0.2) is 5.82 Å². The lowest BCUT2D eigenvalue weighted by molar-refractivity contribution is -0.121. The Bertz CT molecular complexity index is 1230. The number of fused-ring (bicyclic) bond motifs is 3. The fraction of sp³-hybridized carbons (Fsp3) is 0.500. The van der Waals surface area contributed by atoms with Gasteiger partial charge in [0.25, 0.3) is 0 Å². The molecular formula is C28H36ClN5OS. The Labute approximate surface area is 223 Å². The summed E-state index contributed by atoms with van der Waals surface area (Å²) >= 11 is 7.90. The van der Waals surface area contributed by atoms with Gasteiger partial charge in [-0.25, -0.2) is 0 Å². The molecule has 36 heavy (non-hydrogen) atoms. The van der Waals surface area contributed by atoms with Gasteiger partial charge in [-0.3, -0.25) is 14.4 Å². The summed E-state index contributed by atoms with van der Waals surface area (Å²) in [6.07, 6.45) is 8.79. The fourth-order valence-electron chi connectivity index (χ4n) is 4.69. The molecule has 0 unspecified atom stereocenters. The first-order chi connectivity index (χ1) is 17.4. The SMILES string of the molecule is CCCCCCCCCNC(=O)C[C@@H]1N=C(c2ccc(Cl)cc2)c2c(sc(C)c2C)-n2c(C)nnc21. The second-order valence-electron chi connectivity index (χ2n) is 9.58. The highest BCUT2D eigenvalue weighted by molar-refractivity contribution is 7.15. The number of amides is 1. The average molecular weight is 526 g/mol. The van der Waals surface area contributed by atoms with E-state index in [9.17, 15) is 4.79 Å². The Balaban J connectivity index is 1.56. The molecule has 1 amide bonds. The van der Waals surface area contributed by atoms with Gasteiger partial charge in [-0.1, -0.05) is 69.2 Å². The zero-order valence-electron chi connectivity index (χ0n) is 21.7. The molecule has 1 aliphatic rings. The number of nitrogens with one attached hydrogen (secondary N) is 1. The van der Waals surface area contributed by atoms with Crippen LogP contribution in [-0.2, 0) is 4.79 Å². The third-order valence-electron chi connectivity index (χ3n) is 6.84. The largest absolute Gasteiger partial charge is 0.356 e. The zero-order chi connectivity index (χ0) is 25.7. The number of benzene rings is 1. The van der Waals surface area contributed by atoms with Crippen LogP contribution in [0.1, 0.15) is 97.5 Å². The number of rotatable bonds is 11. The number of halogens is 1. The molecule has 0 aliphatic carbocycles. The molecule has 3 aromatic rings. The normalized spacial score (nSPS) is 14.7. The number of carbonyl (C=O) groups excluding carboxylic acids is 1. The lowest BCUT2D eigenvalue weighted by Gasteiger charge is -2.13. The minimum atomic E-state index is -0.426. The number of aryl methyl sites for hydroxylation is 2. The van der Waals surface area contributed by atoms with Gasteiger partial charge in [-0.15, -0.1) is 21.5 Å². The van der Waals surface area contributed by atoms with Gasteiger partial charge < -0.3 is 5.32 Å². The summed E-state index contributed by atoms with van der Waals surface area (Å²) in [7, 11) is 0. The van der Waals surface area contributed by atoms with Gasteiger partial charge in [0.2, 0.25) is 5.91 Å². The van der Waals surface area contributed by atoms with Crippen LogP contribution in [0.5, 0.6) is 0 Å². The van der Waals surface area contributed by atoms with Gasteiger partial charge in [0.05, 0.1) is 12.1 Å². The quantitative estimate of drug-likeness (QED) is 0.272. The first-order valence-corrected chi connectivity index (χ1v) is 14.2. The summed E-state index contributed by atoms with van der Waals surface area (Å²) in [6.45, 7) is 9.14. The Morgan fingerprint density at radius 2 is 1.72 bits per heavy atom. The Hall–Kier alpha value is -2.51. The molecule has 1 aromatic carbocycles. The summed E-state index contributed by atoms with van der Waals surface area (Å²) in [6, 6.07) is 7.33. The first-order valence-electron chi connectivity index (χ1n) is 13.0. The van der Waals surface area contributed by atoms with Crippen molar-refractivity contribution in [1.82, 2.24) is 20.1 Å². The third kappa shape index (κ3) is 5.89. The number of unbranched alkanes of at least 4 members (excludes halogenated alkanes) is 6. The summed E-state index contributed by atoms with van der Waals surface area (Å²) in [5.41, 5.74) is 4.12. The smallest absolute Gasteiger partial charge is 0.222 e. The molecule has 8 heteroatoms. The van der Waals surface area contributed by atoms with Crippen LogP contribution in [0.2, 0.25) is 5.02 Å². The van der Waals surface area contributed by atoms with E-state index in [-0.39, 0.29) is 12.3 Å². The van der Waals surface area contributed by atoms with Crippen molar-refractivity contribution in [2.75, 3.05) is 6.54 Å². The van der Waals surface area contributed by atoms with Crippen LogP contribution >= 0.6 is 22.9 Å². The molecule has 192 valence electrons. The van der Waals surface area contributed by atoms with E-state index in [0.717, 1.165) is 40.5 Å². The first kappa shape index (κ1) is 26.6. The molecule has 6 nitrogen and oxygen atoms in total. The van der Waals surface area contributed by atoms with Crippen LogP contribution in [0.3, 0.4) is 0 Å². The van der Waals surface area contributed by atoms with Crippen molar-refractivity contribution in [1.29, 1.82) is 0 Å². The molecule has 1 N–H and O–H groups in total. The van der Waals surface area contributed by atoms with Gasteiger partial charge in [0, 0.05) is 27.6 Å². The molecule has 0 radical (unpaired) electrons. The number of nitrogens with zero attached hydrogens (tertiary/aromatic N) is 4. The van der Waals surface area contributed by atoms with Crippen LogP contribution in [0.4, 0.5) is 0 Å². The fourth-order valence-corrected chi connectivity index (χ4v) is 6.03. The van der Waals surface area contributed by atoms with Crippen molar-refractivity contribution < 1.29 is 4.79 Å². The van der Waals surface area contributed by atoms with Crippen molar-refractivity contribution in [2.45, 2.75) is 85.1 Å². The number of hydrogen-bond acceptors (Lipinski definition) is 5. The van der Waals surface area contributed by atoms with Crippen LogP contribution in [-0.4, -0.2) is 32.9 Å². The standard InChI is InChI=1S/C28H36ClN5OS/c1-5-6-7-8-9-10-11-16-30-24(35)17-23-27-33-32-20(4)34(27)28-25(18(2)19(3)36-28)26(31-23)21-12-14-22(29)15-13-21/h12-15,23H,5-11,16-17H2,1-4H3,(H,30,35)/t23-/m0/s1. The highest BCUT2D eigenvalue weighted by atomic mass is 35.5. The maximum Gasteiger partial charge on any atom is 0.222 e. The molecule has 4 rings (SSSR count). The lowest BCUT2D eigenvalue weighted by atomic mass is 9.99. The van der Waals surface area contributed by atoms with Gasteiger partial charge in [-0.2, -0.15) is 0 Å². The van der Waals surface area contributed by atoms with Crippen molar-refractivity contribution in [3.8, 4) is 5.00 Å². The molecule has 2 aromatic heterocycles. The molecule has 0 saturated carbocycles. The lowest BCUT2D eigenvalue weighted by Crippen LogP contribution is -2.26. The predicted molar refractivity (Wildman–Crippen MR) is 149 cm³/mol. The monoisotopic (exact) mass is 525 g/mol. The second kappa shape index (κ2) is 12.2. The van der Waals surface area contributed by atoms with E-state index in [1.807, 2.05) is 31.2 Å². The zero-order valence-corrected chi connectivity index (χ0v) is 23.3. The summed E-state index contributed by atoms with van der Waals surface area (Å²) < 4.78 is 2.08. The maximum absolute atomic E-state index is 13.0. The summed E-state index contributed by atoms with van der Waals surface area (Å²) in [5, 5.41) is 13.7. The number of carbonyl (C=O) groups is 1. The van der Waals surface area contributed by atoms with Crippen molar-refractivity contribution in [2.24, 2.45) is 4.99 Å². The van der Waals surface area contributed by atoms with E-state index in [2.05, 4.69) is 40.9 Å². The molecule has 0 bridgehead atoms. The van der Waals surface area contributed by atoms with Crippen LogP contribution < -0.4 is 5.32 Å². The van der Waals surface area contributed by atoms with Crippen molar-refractivity contribution in [3.63, 3.8) is 0 Å². The number of hydrogen-bond donors (Lipinski definition) is 1. The molecule has 3 heterocycles. The average Bonchev–Trinajstić information content (AvgIpc) is 3.33. The highest BCUT2D eigenvalue weighted by Gasteiger charge is 2.32. The molecule has 0 fully saturated rings. The number of aromatic nitrogens is 3. The molecule has 1 aliphatic heterocycles. The van der Waals surface area contributed by atoms with Crippen LogP contribution in [0, 0.1) is 20.8 Å². The highest BCUT2D eigenvalue weighted by Crippen LogP contribution is 2.39. The Morgan fingerprint density at radius 3 is 2.44 bits per heavy atom. The Morgan fingerprint density at radius 1 is 1.03 bits per heavy atom. The van der Waals surface area contributed by atoms with E-state index >= 15 is 0 Å². The van der Waals surface area contributed by atoms with Gasteiger partial charge in [0.1, 0.15) is 16.9 Å². The molecule has 0 saturated heterocycles. The summed E-state index contributed by atoms with van der Waals surface area (Å²) in [4.78, 5) is 19.4. The Kier molecular flexibility index (Phi) is 8.96. The predicted octanol–water partition coefficient (Wildman–Crippen LogP) is 7.06. The number of thiophene rings is 1. The second-order valence-corrected chi connectivity index (χ2v) is 11.2. The van der Waals surface area contributed by atoms with Gasteiger partial charge in [-0.05, 0) is 44.9 Å². The van der Waals surface area contributed by atoms with Crippen molar-refractivity contribution in [3.05, 3.63) is 62.5 Å². The van der Waals surface area contributed by atoms with Gasteiger partial charge >= 0.3 is 0 Å². The van der Waals surface area contributed by atoms with E-state index in [1.165, 1.54) is 42.5 Å². The van der Waals surface area contributed by atoms with Crippen molar-refractivity contribution >= 4 is 34.6 Å². The number of aliphatic imine (C=N–C) groups is 1. The van der Waals surface area contributed by atoms with E-state index in [0.29, 0.717) is 17.4 Å². The molecule has 1 atom stereocenters.